The van der Waals surface area contributed by atoms with Crippen molar-refractivity contribution in [1.82, 2.24) is 15.5 Å². The minimum atomic E-state index is -0.781. The summed E-state index contributed by atoms with van der Waals surface area (Å²) in [5.74, 6) is 0.328. The second-order valence-electron chi connectivity index (χ2n) is 4.95. The molecule has 1 heterocycles. The maximum Gasteiger partial charge on any atom is 0.282 e. The number of hydrogen-bond acceptors (Lipinski definition) is 5. The Labute approximate surface area is 115 Å². The second kappa shape index (κ2) is 5.50. The Kier molecular flexibility index (Phi) is 4.19. The highest BCUT2D eigenvalue weighted by Gasteiger charge is 2.32. The lowest BCUT2D eigenvalue weighted by molar-refractivity contribution is -0.00540. The van der Waals surface area contributed by atoms with Gasteiger partial charge in [0.05, 0.1) is 5.60 Å². The molecule has 1 aliphatic rings. The van der Waals surface area contributed by atoms with Crippen molar-refractivity contribution in [3.05, 3.63) is 9.47 Å². The number of hydrogen-bond donors (Lipinski definition) is 2. The van der Waals surface area contributed by atoms with Gasteiger partial charge >= 0.3 is 0 Å². The number of carbonyl (C=O) groups excluding carboxylic acids is 1. The van der Waals surface area contributed by atoms with Gasteiger partial charge in [0.2, 0.25) is 9.47 Å². The van der Waals surface area contributed by atoms with Crippen molar-refractivity contribution >= 4 is 28.8 Å². The van der Waals surface area contributed by atoms with Crippen LogP contribution < -0.4 is 5.32 Å². The lowest BCUT2D eigenvalue weighted by Crippen LogP contribution is -2.45. The number of nitrogens with one attached hydrogen (secondary N) is 1. The molecule has 1 aliphatic carbocycles. The van der Waals surface area contributed by atoms with Crippen LogP contribution in [0.5, 0.6) is 0 Å². The fraction of sp³-hybridized carbons (Fsp3) is 0.727. The molecule has 0 aliphatic heterocycles. The van der Waals surface area contributed by atoms with Crippen LogP contribution in [0.15, 0.2) is 0 Å². The molecule has 1 aromatic heterocycles. The summed E-state index contributed by atoms with van der Waals surface area (Å²) in [5, 5.41) is 20.5. The van der Waals surface area contributed by atoms with Crippen LogP contribution in [0, 0.1) is 5.92 Å². The van der Waals surface area contributed by atoms with Gasteiger partial charge in [-0.2, -0.15) is 0 Å². The Bertz CT molecular complexity index is 430. The lowest BCUT2D eigenvalue weighted by atomic mass is 9.79. The summed E-state index contributed by atoms with van der Waals surface area (Å²) in [4.78, 5) is 11.7. The number of nitrogens with zero attached hydrogens (tertiary/aromatic N) is 2. The average Bonchev–Trinajstić information content (AvgIpc) is 2.77. The van der Waals surface area contributed by atoms with E-state index in [0.717, 1.165) is 37.0 Å². The van der Waals surface area contributed by atoms with Gasteiger partial charge in [-0.25, -0.2) is 0 Å². The number of amides is 1. The molecule has 0 aromatic carbocycles. The van der Waals surface area contributed by atoms with Crippen molar-refractivity contribution in [2.24, 2.45) is 5.92 Å². The van der Waals surface area contributed by atoms with E-state index >= 15 is 0 Å². The monoisotopic (exact) mass is 289 g/mol. The number of rotatable bonds is 3. The SMILES string of the molecule is CC1CCC(O)(CNC(=O)c2nnc(Cl)s2)CC1. The third kappa shape index (κ3) is 3.40. The smallest absolute Gasteiger partial charge is 0.282 e. The van der Waals surface area contributed by atoms with Crippen LogP contribution in [0.3, 0.4) is 0 Å². The molecule has 0 saturated heterocycles. The maximum absolute atomic E-state index is 11.7. The summed E-state index contributed by atoms with van der Waals surface area (Å²) in [6.07, 6.45) is 3.45. The predicted molar refractivity (Wildman–Crippen MR) is 69.8 cm³/mol. The molecule has 2 rings (SSSR count). The fourth-order valence-electron chi connectivity index (χ4n) is 2.09. The van der Waals surface area contributed by atoms with E-state index in [1.54, 1.807) is 0 Å². The minimum absolute atomic E-state index is 0.229. The average molecular weight is 290 g/mol. The third-order valence-corrected chi connectivity index (χ3v) is 4.40. The number of carbonyl (C=O) groups is 1. The first-order valence-corrected chi connectivity index (χ1v) is 7.17. The van der Waals surface area contributed by atoms with Gasteiger partial charge in [-0.05, 0) is 43.2 Å². The van der Waals surface area contributed by atoms with Crippen LogP contribution in [0.25, 0.3) is 0 Å². The second-order valence-corrected chi connectivity index (χ2v) is 6.51. The van der Waals surface area contributed by atoms with E-state index in [1.165, 1.54) is 0 Å². The predicted octanol–water partition coefficient (Wildman–Crippen LogP) is 1.86. The van der Waals surface area contributed by atoms with Crippen LogP contribution >= 0.6 is 22.9 Å². The van der Waals surface area contributed by atoms with Crippen LogP contribution in [-0.2, 0) is 0 Å². The topological polar surface area (TPSA) is 75.1 Å². The van der Waals surface area contributed by atoms with Crippen LogP contribution in [0.1, 0.15) is 42.4 Å². The van der Waals surface area contributed by atoms with Crippen molar-refractivity contribution in [3.63, 3.8) is 0 Å². The Balaban J connectivity index is 1.86. The number of aliphatic hydroxyl groups is 1. The zero-order chi connectivity index (χ0) is 13.2. The first kappa shape index (κ1) is 13.7. The minimum Gasteiger partial charge on any atom is -0.388 e. The first-order chi connectivity index (χ1) is 8.48. The fourth-order valence-corrected chi connectivity index (χ4v) is 2.84. The summed E-state index contributed by atoms with van der Waals surface area (Å²) < 4.78 is 0.241. The van der Waals surface area contributed by atoms with E-state index in [9.17, 15) is 9.90 Å². The Morgan fingerprint density at radius 1 is 1.56 bits per heavy atom. The summed E-state index contributed by atoms with van der Waals surface area (Å²) in [6.45, 7) is 2.44. The molecule has 100 valence electrons. The van der Waals surface area contributed by atoms with Gasteiger partial charge in [-0.1, -0.05) is 18.3 Å². The van der Waals surface area contributed by atoms with Gasteiger partial charge in [-0.15, -0.1) is 10.2 Å². The van der Waals surface area contributed by atoms with Crippen molar-refractivity contribution in [1.29, 1.82) is 0 Å². The summed E-state index contributed by atoms with van der Waals surface area (Å²) in [7, 11) is 0. The van der Waals surface area contributed by atoms with Gasteiger partial charge in [0, 0.05) is 6.54 Å². The molecule has 1 fully saturated rings. The molecule has 0 spiro atoms. The van der Waals surface area contributed by atoms with Gasteiger partial charge < -0.3 is 10.4 Å². The van der Waals surface area contributed by atoms with Crippen molar-refractivity contribution < 1.29 is 9.90 Å². The molecule has 0 unspecified atom stereocenters. The maximum atomic E-state index is 11.7. The van der Waals surface area contributed by atoms with Crippen LogP contribution in [0.4, 0.5) is 0 Å². The number of halogens is 1. The summed E-state index contributed by atoms with van der Waals surface area (Å²) >= 11 is 6.64. The van der Waals surface area contributed by atoms with E-state index in [-0.39, 0.29) is 21.9 Å². The Morgan fingerprint density at radius 2 is 2.22 bits per heavy atom. The van der Waals surface area contributed by atoms with Crippen molar-refractivity contribution in [2.45, 2.75) is 38.2 Å². The first-order valence-electron chi connectivity index (χ1n) is 5.98. The molecule has 7 heteroatoms. The lowest BCUT2D eigenvalue weighted by Gasteiger charge is -2.34. The van der Waals surface area contributed by atoms with Crippen molar-refractivity contribution in [2.75, 3.05) is 6.54 Å². The molecule has 0 radical (unpaired) electrons. The largest absolute Gasteiger partial charge is 0.388 e. The highest BCUT2D eigenvalue weighted by molar-refractivity contribution is 7.17. The molecule has 5 nitrogen and oxygen atoms in total. The molecular weight excluding hydrogens is 274 g/mol. The van der Waals surface area contributed by atoms with E-state index in [4.69, 9.17) is 11.6 Å². The van der Waals surface area contributed by atoms with E-state index in [1.807, 2.05) is 0 Å². The van der Waals surface area contributed by atoms with Gasteiger partial charge in [0.15, 0.2) is 0 Å². The summed E-state index contributed by atoms with van der Waals surface area (Å²) in [5.41, 5.74) is -0.781. The molecule has 0 bridgehead atoms. The van der Waals surface area contributed by atoms with Gasteiger partial charge in [0.25, 0.3) is 5.91 Å². The highest BCUT2D eigenvalue weighted by Crippen LogP contribution is 2.31. The van der Waals surface area contributed by atoms with Crippen LogP contribution in [-0.4, -0.2) is 33.4 Å². The van der Waals surface area contributed by atoms with Gasteiger partial charge in [0.1, 0.15) is 0 Å². The molecule has 1 amide bonds. The Hall–Kier alpha value is -0.720. The zero-order valence-electron chi connectivity index (χ0n) is 10.1. The Morgan fingerprint density at radius 3 is 2.78 bits per heavy atom. The third-order valence-electron chi connectivity index (χ3n) is 3.38. The van der Waals surface area contributed by atoms with Crippen molar-refractivity contribution in [3.8, 4) is 0 Å². The molecule has 0 atom stereocenters. The standard InChI is InChI=1S/C11H16ClN3O2S/c1-7-2-4-11(17,5-3-7)6-13-8(16)9-14-15-10(12)18-9/h7,17H,2-6H2,1H3,(H,13,16). The van der Waals surface area contributed by atoms with Crippen LogP contribution in [0.2, 0.25) is 4.47 Å². The molecule has 1 saturated carbocycles. The quantitative estimate of drug-likeness (QED) is 0.891. The normalized spacial score (nSPS) is 28.1. The zero-order valence-corrected chi connectivity index (χ0v) is 11.7. The highest BCUT2D eigenvalue weighted by atomic mass is 35.5. The van der Waals surface area contributed by atoms with E-state index < -0.39 is 5.60 Å². The number of aromatic nitrogens is 2. The molecular formula is C11H16ClN3O2S. The molecule has 2 N–H and O–H groups in total. The molecule has 18 heavy (non-hydrogen) atoms. The van der Waals surface area contributed by atoms with Gasteiger partial charge in [-0.3, -0.25) is 4.79 Å². The van der Waals surface area contributed by atoms with E-state index in [2.05, 4.69) is 22.4 Å². The molecule has 1 aromatic rings. The van der Waals surface area contributed by atoms with E-state index in [0.29, 0.717) is 5.92 Å². The summed E-state index contributed by atoms with van der Waals surface area (Å²) in [6, 6.07) is 0.